The zero-order valence-electron chi connectivity index (χ0n) is 14.6. The Bertz CT molecular complexity index is 582. The van der Waals surface area contributed by atoms with E-state index in [2.05, 4.69) is 11.9 Å². The van der Waals surface area contributed by atoms with Gasteiger partial charge in [-0.05, 0) is 38.5 Å². The highest BCUT2D eigenvalue weighted by molar-refractivity contribution is 5.80. The summed E-state index contributed by atoms with van der Waals surface area (Å²) in [6.07, 6.45) is 1.89. The topological polar surface area (TPSA) is 43.9 Å². The number of carbonyl (C=O) groups excluding carboxylic acids is 2. The molecule has 2 aliphatic rings. The minimum Gasteiger partial charge on any atom is -0.338 e. The Labute approximate surface area is 144 Å². The van der Waals surface area contributed by atoms with E-state index in [1.807, 2.05) is 40.1 Å². The fraction of sp³-hybridized carbons (Fsp3) is 0.579. The molecule has 2 amide bonds. The lowest BCUT2D eigenvalue weighted by Crippen LogP contribution is -2.53. The molecule has 0 spiro atoms. The van der Waals surface area contributed by atoms with E-state index in [0.717, 1.165) is 31.5 Å². The Balaban J connectivity index is 1.73. The average Bonchev–Trinajstić information content (AvgIpc) is 2.62. The molecule has 0 saturated carbocycles. The highest BCUT2D eigenvalue weighted by atomic mass is 16.2. The number of hydrogen-bond donors (Lipinski definition) is 0. The number of piperazine rings is 1. The molecule has 0 unspecified atom stereocenters. The van der Waals surface area contributed by atoms with Crippen molar-refractivity contribution in [2.45, 2.75) is 25.8 Å². The molecule has 1 atom stereocenters. The van der Waals surface area contributed by atoms with Crippen molar-refractivity contribution in [1.29, 1.82) is 0 Å². The second kappa shape index (κ2) is 7.34. The van der Waals surface area contributed by atoms with Gasteiger partial charge in [-0.1, -0.05) is 30.3 Å². The van der Waals surface area contributed by atoms with Crippen molar-refractivity contribution in [2.75, 3.05) is 39.8 Å². The Morgan fingerprint density at radius 3 is 2.29 bits per heavy atom. The third-order valence-corrected chi connectivity index (χ3v) is 5.35. The van der Waals surface area contributed by atoms with Crippen molar-refractivity contribution < 1.29 is 9.59 Å². The zero-order chi connectivity index (χ0) is 17.1. The minimum absolute atomic E-state index is 0.0346. The molecular formula is C19H27N3O2. The molecule has 130 valence electrons. The van der Waals surface area contributed by atoms with Crippen molar-refractivity contribution in [2.24, 2.45) is 5.92 Å². The van der Waals surface area contributed by atoms with Crippen LogP contribution < -0.4 is 0 Å². The van der Waals surface area contributed by atoms with Crippen LogP contribution in [0.2, 0.25) is 0 Å². The zero-order valence-corrected chi connectivity index (χ0v) is 14.6. The molecule has 5 nitrogen and oxygen atoms in total. The molecule has 5 heteroatoms. The van der Waals surface area contributed by atoms with Crippen LogP contribution in [0, 0.1) is 5.92 Å². The van der Waals surface area contributed by atoms with E-state index in [-0.39, 0.29) is 23.8 Å². The van der Waals surface area contributed by atoms with Crippen molar-refractivity contribution in [1.82, 2.24) is 14.7 Å². The van der Waals surface area contributed by atoms with E-state index in [1.54, 1.807) is 6.92 Å². The van der Waals surface area contributed by atoms with Gasteiger partial charge in [0, 0.05) is 32.5 Å². The largest absolute Gasteiger partial charge is 0.338 e. The van der Waals surface area contributed by atoms with E-state index in [0.29, 0.717) is 19.6 Å². The van der Waals surface area contributed by atoms with Gasteiger partial charge in [-0.15, -0.1) is 0 Å². The van der Waals surface area contributed by atoms with Gasteiger partial charge in [-0.2, -0.15) is 0 Å². The maximum Gasteiger partial charge on any atom is 0.225 e. The monoisotopic (exact) mass is 329 g/mol. The number of rotatable bonds is 2. The Morgan fingerprint density at radius 2 is 1.67 bits per heavy atom. The fourth-order valence-corrected chi connectivity index (χ4v) is 3.83. The standard InChI is InChI=1S/C19H27N3O2/c1-15(23)22-13-12-21(14-18(22)16-6-4-3-5-7-16)19(24)17-8-10-20(2)11-9-17/h3-7,17-18H,8-14H2,1-2H3/t18-/m1/s1. The molecular weight excluding hydrogens is 302 g/mol. The van der Waals surface area contributed by atoms with Crippen LogP contribution >= 0.6 is 0 Å². The van der Waals surface area contributed by atoms with Crippen LogP contribution in [-0.2, 0) is 9.59 Å². The van der Waals surface area contributed by atoms with Crippen molar-refractivity contribution in [3.05, 3.63) is 35.9 Å². The van der Waals surface area contributed by atoms with E-state index in [4.69, 9.17) is 0 Å². The van der Waals surface area contributed by atoms with Crippen molar-refractivity contribution in [3.8, 4) is 0 Å². The number of hydrogen-bond acceptors (Lipinski definition) is 3. The van der Waals surface area contributed by atoms with E-state index < -0.39 is 0 Å². The molecule has 0 radical (unpaired) electrons. The third-order valence-electron chi connectivity index (χ3n) is 5.35. The van der Waals surface area contributed by atoms with Crippen LogP contribution in [0.1, 0.15) is 31.4 Å². The summed E-state index contributed by atoms with van der Waals surface area (Å²) >= 11 is 0. The second-order valence-corrected chi connectivity index (χ2v) is 7.00. The van der Waals surface area contributed by atoms with Crippen LogP contribution in [0.15, 0.2) is 30.3 Å². The first-order valence-corrected chi connectivity index (χ1v) is 8.85. The molecule has 1 aromatic carbocycles. The summed E-state index contributed by atoms with van der Waals surface area (Å²) in [6, 6.07) is 10.0. The average molecular weight is 329 g/mol. The van der Waals surface area contributed by atoms with Crippen molar-refractivity contribution in [3.63, 3.8) is 0 Å². The fourth-order valence-electron chi connectivity index (χ4n) is 3.83. The Kier molecular flexibility index (Phi) is 5.19. The molecule has 2 aliphatic heterocycles. The van der Waals surface area contributed by atoms with Gasteiger partial charge in [0.25, 0.3) is 0 Å². The minimum atomic E-state index is -0.0346. The van der Waals surface area contributed by atoms with Gasteiger partial charge in [0.2, 0.25) is 11.8 Å². The molecule has 2 saturated heterocycles. The van der Waals surface area contributed by atoms with Gasteiger partial charge in [0.05, 0.1) is 6.04 Å². The van der Waals surface area contributed by atoms with Gasteiger partial charge in [0.1, 0.15) is 0 Å². The maximum atomic E-state index is 12.9. The van der Waals surface area contributed by atoms with E-state index >= 15 is 0 Å². The van der Waals surface area contributed by atoms with Gasteiger partial charge < -0.3 is 14.7 Å². The van der Waals surface area contributed by atoms with Crippen LogP contribution in [0.4, 0.5) is 0 Å². The van der Waals surface area contributed by atoms with Crippen LogP contribution in [-0.4, -0.2) is 66.3 Å². The summed E-state index contributed by atoms with van der Waals surface area (Å²) in [7, 11) is 2.11. The van der Waals surface area contributed by atoms with Crippen LogP contribution in [0.25, 0.3) is 0 Å². The predicted molar refractivity (Wildman–Crippen MR) is 93.4 cm³/mol. The number of piperidine rings is 1. The lowest BCUT2D eigenvalue weighted by molar-refractivity contribution is -0.145. The maximum absolute atomic E-state index is 12.9. The first-order valence-electron chi connectivity index (χ1n) is 8.85. The van der Waals surface area contributed by atoms with E-state index in [1.165, 1.54) is 0 Å². The summed E-state index contributed by atoms with van der Waals surface area (Å²) in [6.45, 7) is 5.47. The van der Waals surface area contributed by atoms with Crippen molar-refractivity contribution >= 4 is 11.8 Å². The summed E-state index contributed by atoms with van der Waals surface area (Å²) in [5.74, 6) is 0.490. The lowest BCUT2D eigenvalue weighted by Gasteiger charge is -2.43. The summed E-state index contributed by atoms with van der Waals surface area (Å²) in [4.78, 5) is 31.1. The van der Waals surface area contributed by atoms with Crippen LogP contribution in [0.5, 0.6) is 0 Å². The number of benzene rings is 1. The van der Waals surface area contributed by atoms with Gasteiger partial charge >= 0.3 is 0 Å². The number of amides is 2. The second-order valence-electron chi connectivity index (χ2n) is 7.00. The number of likely N-dealkylation sites (tertiary alicyclic amines) is 1. The predicted octanol–water partition coefficient (Wildman–Crippen LogP) is 1.76. The number of carbonyl (C=O) groups is 2. The highest BCUT2D eigenvalue weighted by Crippen LogP contribution is 2.28. The molecule has 0 N–H and O–H groups in total. The molecule has 2 heterocycles. The summed E-state index contributed by atoms with van der Waals surface area (Å²) in [5, 5.41) is 0. The first kappa shape index (κ1) is 17.0. The third kappa shape index (κ3) is 3.61. The van der Waals surface area contributed by atoms with E-state index in [9.17, 15) is 9.59 Å². The smallest absolute Gasteiger partial charge is 0.225 e. The molecule has 24 heavy (non-hydrogen) atoms. The quantitative estimate of drug-likeness (QED) is 0.830. The molecule has 2 fully saturated rings. The first-order chi connectivity index (χ1) is 11.6. The lowest BCUT2D eigenvalue weighted by atomic mass is 9.94. The molecule has 0 aliphatic carbocycles. The number of nitrogens with zero attached hydrogens (tertiary/aromatic N) is 3. The summed E-state index contributed by atoms with van der Waals surface area (Å²) < 4.78 is 0. The molecule has 1 aromatic rings. The SMILES string of the molecule is CC(=O)N1CCN(C(=O)C2CCN(C)CC2)C[C@@H]1c1ccccc1. The van der Waals surface area contributed by atoms with Gasteiger partial charge in [0.15, 0.2) is 0 Å². The van der Waals surface area contributed by atoms with Crippen LogP contribution in [0.3, 0.4) is 0 Å². The normalized spacial score (nSPS) is 23.3. The highest BCUT2D eigenvalue weighted by Gasteiger charge is 2.35. The van der Waals surface area contributed by atoms with Gasteiger partial charge in [-0.25, -0.2) is 0 Å². The Morgan fingerprint density at radius 1 is 1.00 bits per heavy atom. The van der Waals surface area contributed by atoms with Gasteiger partial charge in [-0.3, -0.25) is 9.59 Å². The molecule has 3 rings (SSSR count). The molecule has 0 aromatic heterocycles. The Hall–Kier alpha value is -1.88. The summed E-state index contributed by atoms with van der Waals surface area (Å²) in [5.41, 5.74) is 1.11. The molecule has 0 bridgehead atoms.